The molecule has 2 N–H and O–H groups in total. The van der Waals surface area contributed by atoms with Gasteiger partial charge in [-0.15, -0.1) is 0 Å². The zero-order valence-corrected chi connectivity index (χ0v) is 15.6. The van der Waals surface area contributed by atoms with Gasteiger partial charge >= 0.3 is 0 Å². The van der Waals surface area contributed by atoms with Crippen LogP contribution in [0.2, 0.25) is 0 Å². The average Bonchev–Trinajstić information content (AvgIpc) is 2.96. The molecule has 2 heterocycles. The molecule has 0 fully saturated rings. The molecule has 0 aliphatic rings. The SMILES string of the molecule is CC(C)(C)OC=O.CN[C@@H](C)c1ncc(-c2ccc(Br)nc2)[nH]1. The summed E-state index contributed by atoms with van der Waals surface area (Å²) < 4.78 is 5.38. The van der Waals surface area contributed by atoms with Crippen LogP contribution in [0.1, 0.15) is 39.6 Å². The van der Waals surface area contributed by atoms with E-state index >= 15 is 0 Å². The van der Waals surface area contributed by atoms with Crippen LogP contribution >= 0.6 is 15.9 Å². The number of imidazole rings is 1. The highest BCUT2D eigenvalue weighted by molar-refractivity contribution is 9.10. The third kappa shape index (κ3) is 6.92. The lowest BCUT2D eigenvalue weighted by molar-refractivity contribution is -0.138. The number of rotatable bonds is 4. The summed E-state index contributed by atoms with van der Waals surface area (Å²) >= 11 is 3.31. The van der Waals surface area contributed by atoms with E-state index in [2.05, 4.69) is 47.9 Å². The second-order valence-electron chi connectivity index (χ2n) is 5.89. The minimum absolute atomic E-state index is 0.220. The van der Waals surface area contributed by atoms with Gasteiger partial charge in [0.05, 0.1) is 17.9 Å². The maximum Gasteiger partial charge on any atom is 0.293 e. The molecule has 0 saturated heterocycles. The number of hydrogen-bond donors (Lipinski definition) is 2. The molecule has 0 bridgehead atoms. The second-order valence-corrected chi connectivity index (χ2v) is 6.70. The number of carbonyl (C=O) groups excluding carboxylic acids is 1. The van der Waals surface area contributed by atoms with Gasteiger partial charge in [-0.25, -0.2) is 9.97 Å². The molecule has 23 heavy (non-hydrogen) atoms. The number of carbonyl (C=O) groups is 1. The molecular formula is C16H23BrN4O2. The van der Waals surface area contributed by atoms with Crippen LogP contribution in [0.5, 0.6) is 0 Å². The minimum Gasteiger partial charge on any atom is -0.462 e. The van der Waals surface area contributed by atoms with Crippen LogP contribution in [-0.2, 0) is 9.53 Å². The van der Waals surface area contributed by atoms with Gasteiger partial charge in [0.2, 0.25) is 0 Å². The van der Waals surface area contributed by atoms with Crippen molar-refractivity contribution in [2.45, 2.75) is 39.3 Å². The van der Waals surface area contributed by atoms with Gasteiger partial charge in [0.25, 0.3) is 6.47 Å². The summed E-state index contributed by atoms with van der Waals surface area (Å²) in [5.74, 6) is 0.931. The van der Waals surface area contributed by atoms with Gasteiger partial charge in [-0.05, 0) is 62.8 Å². The fraction of sp³-hybridized carbons (Fsp3) is 0.438. The van der Waals surface area contributed by atoms with E-state index in [1.165, 1.54) is 0 Å². The Morgan fingerprint density at radius 1 is 1.30 bits per heavy atom. The zero-order valence-electron chi connectivity index (χ0n) is 14.1. The van der Waals surface area contributed by atoms with Gasteiger partial charge in [0.1, 0.15) is 16.0 Å². The summed E-state index contributed by atoms with van der Waals surface area (Å²) in [7, 11) is 1.91. The van der Waals surface area contributed by atoms with Gasteiger partial charge in [-0.2, -0.15) is 0 Å². The van der Waals surface area contributed by atoms with Crippen molar-refractivity contribution in [2.75, 3.05) is 7.05 Å². The molecule has 2 aromatic rings. The lowest BCUT2D eigenvalue weighted by atomic mass is 10.2. The lowest BCUT2D eigenvalue weighted by Crippen LogP contribution is -2.17. The Morgan fingerprint density at radius 3 is 2.43 bits per heavy atom. The Balaban J connectivity index is 0.000000322. The second kappa shape index (κ2) is 8.79. The molecule has 0 unspecified atom stereocenters. The number of ether oxygens (including phenoxy) is 1. The molecule has 0 radical (unpaired) electrons. The molecule has 0 aliphatic carbocycles. The van der Waals surface area contributed by atoms with E-state index in [1.54, 1.807) is 0 Å². The number of halogens is 1. The quantitative estimate of drug-likeness (QED) is 0.624. The highest BCUT2D eigenvalue weighted by Crippen LogP contribution is 2.19. The largest absolute Gasteiger partial charge is 0.462 e. The van der Waals surface area contributed by atoms with Crippen molar-refractivity contribution in [3.63, 3.8) is 0 Å². The molecule has 0 spiro atoms. The molecule has 6 nitrogen and oxygen atoms in total. The van der Waals surface area contributed by atoms with Crippen LogP contribution in [0.25, 0.3) is 11.3 Å². The van der Waals surface area contributed by atoms with Crippen LogP contribution in [0.3, 0.4) is 0 Å². The third-order valence-corrected chi connectivity index (χ3v) is 3.35. The zero-order chi connectivity index (χ0) is 17.5. The Bertz CT molecular complexity index is 605. The van der Waals surface area contributed by atoms with Crippen molar-refractivity contribution in [1.29, 1.82) is 0 Å². The summed E-state index contributed by atoms with van der Waals surface area (Å²) in [6.45, 7) is 7.98. The fourth-order valence-electron chi connectivity index (χ4n) is 1.52. The summed E-state index contributed by atoms with van der Waals surface area (Å²) in [6, 6.07) is 4.13. The third-order valence-electron chi connectivity index (χ3n) is 2.88. The predicted octanol–water partition coefficient (Wildman–Crippen LogP) is 3.47. The van der Waals surface area contributed by atoms with Crippen LogP contribution in [0.15, 0.2) is 29.1 Å². The van der Waals surface area contributed by atoms with Crippen LogP contribution in [-0.4, -0.2) is 34.1 Å². The first-order chi connectivity index (χ1) is 10.8. The Hall–Kier alpha value is -1.73. The van der Waals surface area contributed by atoms with Crippen molar-refractivity contribution in [2.24, 2.45) is 0 Å². The van der Waals surface area contributed by atoms with E-state index in [0.717, 1.165) is 21.7 Å². The number of aromatic nitrogens is 3. The Kier molecular flexibility index (Phi) is 7.38. The molecule has 7 heteroatoms. The van der Waals surface area contributed by atoms with E-state index < -0.39 is 0 Å². The highest BCUT2D eigenvalue weighted by atomic mass is 79.9. The molecule has 2 aromatic heterocycles. The van der Waals surface area contributed by atoms with Crippen LogP contribution in [0.4, 0.5) is 0 Å². The van der Waals surface area contributed by atoms with Gasteiger partial charge in [0.15, 0.2) is 0 Å². The maximum atomic E-state index is 9.60. The van der Waals surface area contributed by atoms with Gasteiger partial charge in [-0.1, -0.05) is 0 Å². The summed E-state index contributed by atoms with van der Waals surface area (Å²) in [6.07, 6.45) is 3.64. The first kappa shape index (κ1) is 19.3. The van der Waals surface area contributed by atoms with E-state index in [1.807, 2.05) is 52.3 Å². The molecule has 0 aromatic carbocycles. The van der Waals surface area contributed by atoms with Crippen molar-refractivity contribution in [1.82, 2.24) is 20.3 Å². The summed E-state index contributed by atoms with van der Waals surface area (Å²) in [5, 5.41) is 3.14. The number of pyridine rings is 1. The molecular weight excluding hydrogens is 360 g/mol. The summed E-state index contributed by atoms with van der Waals surface area (Å²) in [4.78, 5) is 21.4. The van der Waals surface area contributed by atoms with Crippen LogP contribution in [0, 0.1) is 0 Å². The van der Waals surface area contributed by atoms with Crippen molar-refractivity contribution in [3.05, 3.63) is 35.0 Å². The normalized spacial score (nSPS) is 12.1. The van der Waals surface area contributed by atoms with Gasteiger partial charge in [-0.3, -0.25) is 4.79 Å². The fourth-order valence-corrected chi connectivity index (χ4v) is 1.75. The van der Waals surface area contributed by atoms with E-state index in [-0.39, 0.29) is 11.6 Å². The van der Waals surface area contributed by atoms with Gasteiger partial charge in [0, 0.05) is 11.8 Å². The predicted molar refractivity (Wildman–Crippen MR) is 93.9 cm³/mol. The first-order valence-corrected chi connectivity index (χ1v) is 8.01. The standard InChI is InChI=1S/C11H13BrN4.C5H10O2/c1-7(13-2)11-15-6-9(16-11)8-3-4-10(12)14-5-8;1-5(2,3)7-4-6/h3-7,13H,1-2H3,(H,15,16);4H,1-3H3/t7-;/m0./s1. The van der Waals surface area contributed by atoms with E-state index in [4.69, 9.17) is 0 Å². The van der Waals surface area contributed by atoms with E-state index in [0.29, 0.717) is 6.47 Å². The van der Waals surface area contributed by atoms with Gasteiger partial charge < -0.3 is 15.0 Å². The minimum atomic E-state index is -0.318. The molecule has 0 amide bonds. The topological polar surface area (TPSA) is 79.9 Å². The molecule has 2 rings (SSSR count). The summed E-state index contributed by atoms with van der Waals surface area (Å²) in [5.41, 5.74) is 1.70. The van der Waals surface area contributed by atoms with E-state index in [9.17, 15) is 4.79 Å². The Labute approximate surface area is 145 Å². The molecule has 0 saturated carbocycles. The number of hydrogen-bond acceptors (Lipinski definition) is 5. The maximum absolute atomic E-state index is 9.60. The molecule has 1 atom stereocenters. The average molecular weight is 383 g/mol. The number of aromatic amines is 1. The number of H-pyrrole nitrogens is 1. The Morgan fingerprint density at radius 2 is 2.00 bits per heavy atom. The smallest absolute Gasteiger partial charge is 0.293 e. The first-order valence-electron chi connectivity index (χ1n) is 7.22. The van der Waals surface area contributed by atoms with Crippen molar-refractivity contribution >= 4 is 22.4 Å². The number of nitrogens with zero attached hydrogens (tertiary/aromatic N) is 2. The number of nitrogens with one attached hydrogen (secondary N) is 2. The molecule has 126 valence electrons. The van der Waals surface area contributed by atoms with Crippen molar-refractivity contribution < 1.29 is 9.53 Å². The van der Waals surface area contributed by atoms with Crippen molar-refractivity contribution in [3.8, 4) is 11.3 Å². The molecule has 0 aliphatic heterocycles. The van der Waals surface area contributed by atoms with Crippen LogP contribution < -0.4 is 5.32 Å². The monoisotopic (exact) mass is 382 g/mol. The lowest BCUT2D eigenvalue weighted by Gasteiger charge is -2.14. The highest BCUT2D eigenvalue weighted by Gasteiger charge is 2.08.